The molecule has 0 radical (unpaired) electrons. The molecular formula is C27H36ClN3O3. The smallest absolute Gasteiger partial charge is 0.315 e. The Labute approximate surface area is 207 Å². The van der Waals surface area contributed by atoms with Gasteiger partial charge in [0.1, 0.15) is 6.04 Å². The molecule has 1 fully saturated rings. The number of nitrogens with zero attached hydrogens (tertiary/aromatic N) is 1. The van der Waals surface area contributed by atoms with Crippen LogP contribution < -0.4 is 10.6 Å². The zero-order valence-electron chi connectivity index (χ0n) is 20.5. The second-order valence-electron chi connectivity index (χ2n) is 10.1. The molecule has 1 unspecified atom stereocenters. The van der Waals surface area contributed by atoms with Crippen LogP contribution in [0.5, 0.6) is 0 Å². The standard InChI is InChI=1S/C27H36ClN3O3/c1-19(2)23(30-25(33)29-16-14-20-8-6-5-7-9-20)24(32)31-17-15-27(34,26(3,4)18-31)21-10-12-22(28)13-11-21/h5-13,19,23,34H,14-18H2,1-4H3,(H2,29,30,33)/t23-,27?/m1/s1. The highest BCUT2D eigenvalue weighted by Crippen LogP contribution is 2.46. The van der Waals surface area contributed by atoms with Crippen molar-refractivity contribution >= 4 is 23.5 Å². The molecule has 2 aromatic rings. The van der Waals surface area contributed by atoms with Crippen molar-refractivity contribution in [2.75, 3.05) is 19.6 Å². The summed E-state index contributed by atoms with van der Waals surface area (Å²) in [7, 11) is 0. The van der Waals surface area contributed by atoms with Crippen molar-refractivity contribution in [3.05, 3.63) is 70.7 Å². The number of piperidine rings is 1. The van der Waals surface area contributed by atoms with Crippen LogP contribution >= 0.6 is 11.6 Å². The Hall–Kier alpha value is -2.57. The predicted octanol–water partition coefficient (Wildman–Crippen LogP) is 4.35. The molecule has 1 aliphatic rings. The molecule has 0 spiro atoms. The fraction of sp³-hybridized carbons (Fsp3) is 0.481. The molecule has 0 aromatic heterocycles. The molecule has 7 heteroatoms. The zero-order chi connectivity index (χ0) is 24.9. The predicted molar refractivity (Wildman–Crippen MR) is 136 cm³/mol. The number of urea groups is 1. The Morgan fingerprint density at radius 1 is 1.09 bits per heavy atom. The second kappa shape index (κ2) is 10.8. The van der Waals surface area contributed by atoms with E-state index in [0.717, 1.165) is 17.5 Å². The highest BCUT2D eigenvalue weighted by atomic mass is 35.5. The first-order valence-electron chi connectivity index (χ1n) is 11.9. The van der Waals surface area contributed by atoms with E-state index in [4.69, 9.17) is 11.6 Å². The third-order valence-electron chi connectivity index (χ3n) is 6.84. The van der Waals surface area contributed by atoms with Gasteiger partial charge in [-0.25, -0.2) is 4.79 Å². The molecule has 2 aromatic carbocycles. The van der Waals surface area contributed by atoms with E-state index in [1.807, 2.05) is 70.2 Å². The number of hydrogen-bond acceptors (Lipinski definition) is 3. The lowest BCUT2D eigenvalue weighted by Crippen LogP contribution is -2.61. The number of carbonyl (C=O) groups excluding carboxylic acids is 2. The molecule has 0 bridgehead atoms. The number of hydrogen-bond donors (Lipinski definition) is 3. The van der Waals surface area contributed by atoms with Gasteiger partial charge < -0.3 is 20.6 Å². The first-order chi connectivity index (χ1) is 16.0. The van der Waals surface area contributed by atoms with Gasteiger partial charge in [-0.15, -0.1) is 0 Å². The molecule has 1 aliphatic heterocycles. The van der Waals surface area contributed by atoms with Crippen LogP contribution in [0.2, 0.25) is 5.02 Å². The Balaban J connectivity index is 1.62. The number of nitrogens with one attached hydrogen (secondary N) is 2. The van der Waals surface area contributed by atoms with E-state index in [2.05, 4.69) is 10.6 Å². The van der Waals surface area contributed by atoms with Gasteiger partial charge in [0.2, 0.25) is 5.91 Å². The molecule has 3 rings (SSSR count). The Bertz CT molecular complexity index is 978. The molecule has 0 saturated carbocycles. The largest absolute Gasteiger partial charge is 0.384 e. The van der Waals surface area contributed by atoms with E-state index in [1.54, 1.807) is 17.0 Å². The summed E-state index contributed by atoms with van der Waals surface area (Å²) >= 11 is 6.03. The summed E-state index contributed by atoms with van der Waals surface area (Å²) in [4.78, 5) is 27.7. The summed E-state index contributed by atoms with van der Waals surface area (Å²) in [6, 6.07) is 16.2. The summed E-state index contributed by atoms with van der Waals surface area (Å²) in [5, 5.41) is 17.9. The van der Waals surface area contributed by atoms with Crippen LogP contribution in [-0.2, 0) is 16.8 Å². The minimum Gasteiger partial charge on any atom is -0.384 e. The molecule has 6 nitrogen and oxygen atoms in total. The number of likely N-dealkylation sites (tertiary alicyclic amines) is 1. The molecule has 184 valence electrons. The fourth-order valence-corrected chi connectivity index (χ4v) is 4.76. The molecule has 0 aliphatic carbocycles. The summed E-state index contributed by atoms with van der Waals surface area (Å²) in [5.74, 6) is -0.202. The van der Waals surface area contributed by atoms with E-state index >= 15 is 0 Å². The Morgan fingerprint density at radius 2 is 1.74 bits per heavy atom. The van der Waals surface area contributed by atoms with Gasteiger partial charge >= 0.3 is 6.03 Å². The van der Waals surface area contributed by atoms with Gasteiger partial charge in [-0.3, -0.25) is 4.79 Å². The van der Waals surface area contributed by atoms with Gasteiger partial charge in [-0.2, -0.15) is 0 Å². The van der Waals surface area contributed by atoms with Gasteiger partial charge in [-0.1, -0.05) is 81.8 Å². The average Bonchev–Trinajstić information content (AvgIpc) is 2.79. The quantitative estimate of drug-likeness (QED) is 0.545. The monoisotopic (exact) mass is 485 g/mol. The lowest BCUT2D eigenvalue weighted by Gasteiger charge is -2.51. The SMILES string of the molecule is CC(C)[C@@H](NC(=O)NCCc1ccccc1)C(=O)N1CCC(O)(c2ccc(Cl)cc2)C(C)(C)C1. The number of carbonyl (C=O) groups is 2. The maximum absolute atomic E-state index is 13.4. The summed E-state index contributed by atoms with van der Waals surface area (Å²) < 4.78 is 0. The lowest BCUT2D eigenvalue weighted by molar-refractivity contribution is -0.155. The minimum atomic E-state index is -1.08. The van der Waals surface area contributed by atoms with E-state index in [9.17, 15) is 14.7 Å². The highest BCUT2D eigenvalue weighted by molar-refractivity contribution is 6.30. The van der Waals surface area contributed by atoms with Crippen LogP contribution in [0.15, 0.2) is 54.6 Å². The van der Waals surface area contributed by atoms with E-state index in [1.165, 1.54) is 0 Å². The van der Waals surface area contributed by atoms with Gasteiger partial charge in [0.25, 0.3) is 0 Å². The fourth-order valence-electron chi connectivity index (χ4n) is 4.64. The summed E-state index contributed by atoms with van der Waals surface area (Å²) in [6.45, 7) is 9.05. The Kier molecular flexibility index (Phi) is 8.26. The van der Waals surface area contributed by atoms with Crippen molar-refractivity contribution in [1.29, 1.82) is 0 Å². The maximum atomic E-state index is 13.4. The minimum absolute atomic E-state index is 0.0763. The Morgan fingerprint density at radius 3 is 2.32 bits per heavy atom. The van der Waals surface area contributed by atoms with Crippen molar-refractivity contribution in [2.45, 2.75) is 52.2 Å². The maximum Gasteiger partial charge on any atom is 0.315 e. The number of halogens is 1. The molecule has 2 atom stereocenters. The normalized spacial score (nSPS) is 20.6. The van der Waals surface area contributed by atoms with Crippen LogP contribution in [0.25, 0.3) is 0 Å². The van der Waals surface area contributed by atoms with Gasteiger partial charge in [0.15, 0.2) is 0 Å². The molecule has 3 amide bonds. The van der Waals surface area contributed by atoms with Crippen molar-refractivity contribution < 1.29 is 14.7 Å². The van der Waals surface area contributed by atoms with Gasteiger partial charge in [0, 0.05) is 30.1 Å². The third-order valence-corrected chi connectivity index (χ3v) is 7.10. The van der Waals surface area contributed by atoms with Crippen molar-refractivity contribution in [1.82, 2.24) is 15.5 Å². The second-order valence-corrected chi connectivity index (χ2v) is 10.6. The van der Waals surface area contributed by atoms with Crippen LogP contribution in [0.3, 0.4) is 0 Å². The lowest BCUT2D eigenvalue weighted by atomic mass is 9.66. The zero-order valence-corrected chi connectivity index (χ0v) is 21.2. The van der Waals surface area contributed by atoms with E-state index in [-0.39, 0.29) is 17.9 Å². The summed E-state index contributed by atoms with van der Waals surface area (Å²) in [5.41, 5.74) is 0.270. The van der Waals surface area contributed by atoms with Crippen LogP contribution in [-0.4, -0.2) is 47.6 Å². The van der Waals surface area contributed by atoms with Crippen LogP contribution in [0, 0.1) is 11.3 Å². The van der Waals surface area contributed by atoms with Crippen molar-refractivity contribution in [3.63, 3.8) is 0 Å². The van der Waals surface area contributed by atoms with Crippen molar-refractivity contribution in [3.8, 4) is 0 Å². The van der Waals surface area contributed by atoms with Gasteiger partial charge in [-0.05, 0) is 42.0 Å². The van der Waals surface area contributed by atoms with E-state index in [0.29, 0.717) is 31.1 Å². The van der Waals surface area contributed by atoms with Gasteiger partial charge in [0.05, 0.1) is 5.60 Å². The number of benzene rings is 2. The number of rotatable bonds is 7. The molecule has 1 heterocycles. The average molecular weight is 486 g/mol. The summed E-state index contributed by atoms with van der Waals surface area (Å²) in [6.07, 6.45) is 1.12. The van der Waals surface area contributed by atoms with E-state index < -0.39 is 17.1 Å². The molecule has 34 heavy (non-hydrogen) atoms. The topological polar surface area (TPSA) is 81.7 Å². The number of aliphatic hydroxyl groups is 1. The van der Waals surface area contributed by atoms with Crippen LogP contribution in [0.1, 0.15) is 45.2 Å². The van der Waals surface area contributed by atoms with Crippen LogP contribution in [0.4, 0.5) is 4.79 Å². The highest BCUT2D eigenvalue weighted by Gasteiger charge is 2.50. The van der Waals surface area contributed by atoms with Crippen molar-refractivity contribution in [2.24, 2.45) is 11.3 Å². The first-order valence-corrected chi connectivity index (χ1v) is 12.3. The third kappa shape index (κ3) is 5.91. The molecule has 1 saturated heterocycles. The molecule has 3 N–H and O–H groups in total. The molecular weight excluding hydrogens is 450 g/mol. The number of amides is 3. The first kappa shape index (κ1) is 26.0.